The first-order chi connectivity index (χ1) is 15.4. The number of carbonyl (C=O) groups excluding carboxylic acids is 1. The molecular formula is C23H18N6O3. The minimum absolute atomic E-state index is 0.00574. The van der Waals surface area contributed by atoms with E-state index in [0.29, 0.717) is 28.7 Å². The molecule has 0 aliphatic carbocycles. The molecule has 158 valence electrons. The molecule has 0 unspecified atom stereocenters. The predicted molar refractivity (Wildman–Crippen MR) is 119 cm³/mol. The molecule has 0 fully saturated rings. The third-order valence-corrected chi connectivity index (χ3v) is 5.22. The monoisotopic (exact) mass is 426 g/mol. The Morgan fingerprint density at radius 1 is 1.25 bits per heavy atom. The molecule has 2 aromatic carbocycles. The van der Waals surface area contributed by atoms with Crippen LogP contribution in [0.1, 0.15) is 28.5 Å². The molecule has 0 radical (unpaired) electrons. The first-order valence-electron chi connectivity index (χ1n) is 9.85. The standard InChI is InChI=1S/C23H18N6O3/c1-3-28-14(2)19(13-25-28)22-11-18(17-6-4-5-7-21(17)26-22)23(30)27-20-9-8-16(29(31)32)10-15(20)12-24/h4-11,13H,3H2,1-2H3,(H,27,30). The number of nitrogens with one attached hydrogen (secondary N) is 1. The van der Waals surface area contributed by atoms with Gasteiger partial charge in [0.25, 0.3) is 11.6 Å². The maximum atomic E-state index is 13.2. The van der Waals surface area contributed by atoms with Crippen LogP contribution in [0.2, 0.25) is 0 Å². The van der Waals surface area contributed by atoms with Crippen LogP contribution in [0.3, 0.4) is 0 Å². The number of aryl methyl sites for hydroxylation is 1. The Balaban J connectivity index is 1.80. The Kier molecular flexibility index (Phi) is 5.35. The summed E-state index contributed by atoms with van der Waals surface area (Å²) in [5.74, 6) is -0.448. The SMILES string of the molecule is CCn1ncc(-c2cc(C(=O)Nc3ccc([N+](=O)[O-])cc3C#N)c3ccccc3n2)c1C. The van der Waals surface area contributed by atoms with Crippen molar-refractivity contribution in [2.24, 2.45) is 0 Å². The number of para-hydroxylation sites is 1. The molecule has 0 aliphatic rings. The number of nitriles is 1. The second kappa shape index (κ2) is 8.28. The molecule has 0 atom stereocenters. The molecule has 4 rings (SSSR count). The van der Waals surface area contributed by atoms with Crippen molar-refractivity contribution in [1.29, 1.82) is 5.26 Å². The van der Waals surface area contributed by atoms with E-state index < -0.39 is 10.8 Å². The lowest BCUT2D eigenvalue weighted by Crippen LogP contribution is -2.14. The lowest BCUT2D eigenvalue weighted by atomic mass is 10.0. The number of benzene rings is 2. The molecule has 9 heteroatoms. The summed E-state index contributed by atoms with van der Waals surface area (Å²) in [6.07, 6.45) is 1.72. The summed E-state index contributed by atoms with van der Waals surface area (Å²) in [6.45, 7) is 4.65. The van der Waals surface area contributed by atoms with E-state index in [-0.39, 0.29) is 16.9 Å². The summed E-state index contributed by atoms with van der Waals surface area (Å²) in [5.41, 5.74) is 3.35. The molecule has 0 spiro atoms. The number of pyridine rings is 1. The molecule has 2 heterocycles. The minimum Gasteiger partial charge on any atom is -0.321 e. The fourth-order valence-corrected chi connectivity index (χ4v) is 3.55. The molecule has 4 aromatic rings. The number of nitro benzene ring substituents is 1. The summed E-state index contributed by atoms with van der Waals surface area (Å²) >= 11 is 0. The zero-order valence-electron chi connectivity index (χ0n) is 17.4. The highest BCUT2D eigenvalue weighted by atomic mass is 16.6. The number of fused-ring (bicyclic) bond motifs is 1. The van der Waals surface area contributed by atoms with Gasteiger partial charge < -0.3 is 5.32 Å². The summed E-state index contributed by atoms with van der Waals surface area (Å²) in [5, 5.41) is 28.1. The van der Waals surface area contributed by atoms with Crippen molar-refractivity contribution in [3.8, 4) is 17.3 Å². The van der Waals surface area contributed by atoms with Gasteiger partial charge in [-0.25, -0.2) is 4.98 Å². The van der Waals surface area contributed by atoms with Crippen LogP contribution in [0, 0.1) is 28.4 Å². The van der Waals surface area contributed by atoms with E-state index >= 15 is 0 Å². The second-order valence-electron chi connectivity index (χ2n) is 7.08. The maximum absolute atomic E-state index is 13.2. The molecule has 2 aromatic heterocycles. The summed E-state index contributed by atoms with van der Waals surface area (Å²) in [7, 11) is 0. The van der Waals surface area contributed by atoms with E-state index in [1.54, 1.807) is 18.3 Å². The van der Waals surface area contributed by atoms with Gasteiger partial charge in [-0.1, -0.05) is 18.2 Å². The van der Waals surface area contributed by atoms with Crippen LogP contribution >= 0.6 is 0 Å². The number of amides is 1. The number of carbonyl (C=O) groups is 1. The molecule has 0 saturated carbocycles. The number of nitrogens with zero attached hydrogens (tertiary/aromatic N) is 5. The Morgan fingerprint density at radius 3 is 2.72 bits per heavy atom. The van der Waals surface area contributed by atoms with Crippen molar-refractivity contribution in [1.82, 2.24) is 14.8 Å². The fourth-order valence-electron chi connectivity index (χ4n) is 3.55. The number of anilines is 1. The van der Waals surface area contributed by atoms with Crippen LogP contribution in [0.25, 0.3) is 22.2 Å². The Bertz CT molecular complexity index is 1420. The van der Waals surface area contributed by atoms with Crippen molar-refractivity contribution in [3.05, 3.63) is 81.7 Å². The van der Waals surface area contributed by atoms with Crippen molar-refractivity contribution >= 4 is 28.2 Å². The highest BCUT2D eigenvalue weighted by Crippen LogP contribution is 2.28. The maximum Gasteiger partial charge on any atom is 0.270 e. The van der Waals surface area contributed by atoms with Crippen molar-refractivity contribution in [3.63, 3.8) is 0 Å². The second-order valence-corrected chi connectivity index (χ2v) is 7.08. The third kappa shape index (κ3) is 3.65. The van der Waals surface area contributed by atoms with Crippen molar-refractivity contribution in [2.45, 2.75) is 20.4 Å². The van der Waals surface area contributed by atoms with E-state index in [9.17, 15) is 20.2 Å². The number of rotatable bonds is 5. The predicted octanol–water partition coefficient (Wildman–Crippen LogP) is 4.46. The molecule has 32 heavy (non-hydrogen) atoms. The molecule has 9 nitrogen and oxygen atoms in total. The van der Waals surface area contributed by atoms with E-state index in [1.165, 1.54) is 12.1 Å². The van der Waals surface area contributed by atoms with Crippen LogP contribution in [0.15, 0.2) is 54.7 Å². The van der Waals surface area contributed by atoms with E-state index in [0.717, 1.165) is 17.3 Å². The zero-order valence-corrected chi connectivity index (χ0v) is 17.4. The quantitative estimate of drug-likeness (QED) is 0.371. The largest absolute Gasteiger partial charge is 0.321 e. The Morgan fingerprint density at radius 2 is 2.03 bits per heavy atom. The van der Waals surface area contributed by atoms with Gasteiger partial charge in [0.05, 0.1) is 39.1 Å². The lowest BCUT2D eigenvalue weighted by molar-refractivity contribution is -0.384. The Hall–Kier alpha value is -4.58. The van der Waals surface area contributed by atoms with Gasteiger partial charge in [0.15, 0.2) is 0 Å². The van der Waals surface area contributed by atoms with Gasteiger partial charge in [-0.15, -0.1) is 0 Å². The van der Waals surface area contributed by atoms with Crippen LogP contribution in [0.4, 0.5) is 11.4 Å². The van der Waals surface area contributed by atoms with Gasteiger partial charge >= 0.3 is 0 Å². The minimum atomic E-state index is -0.589. The Labute approximate surface area is 183 Å². The van der Waals surface area contributed by atoms with Crippen LogP contribution < -0.4 is 5.32 Å². The van der Waals surface area contributed by atoms with Crippen molar-refractivity contribution < 1.29 is 9.72 Å². The van der Waals surface area contributed by atoms with Crippen molar-refractivity contribution in [2.75, 3.05) is 5.32 Å². The smallest absolute Gasteiger partial charge is 0.270 e. The van der Waals surface area contributed by atoms with E-state index in [2.05, 4.69) is 10.4 Å². The van der Waals surface area contributed by atoms with E-state index in [4.69, 9.17) is 4.98 Å². The molecule has 1 amide bonds. The van der Waals surface area contributed by atoms with Crippen LogP contribution in [-0.2, 0) is 6.54 Å². The fraction of sp³-hybridized carbons (Fsp3) is 0.130. The average molecular weight is 426 g/mol. The normalized spacial score (nSPS) is 10.7. The topological polar surface area (TPSA) is 127 Å². The summed E-state index contributed by atoms with van der Waals surface area (Å²) in [4.78, 5) is 28.3. The van der Waals surface area contributed by atoms with Crippen LogP contribution in [-0.4, -0.2) is 25.6 Å². The summed E-state index contributed by atoms with van der Waals surface area (Å²) in [6, 6.07) is 14.6. The van der Waals surface area contributed by atoms with Gasteiger partial charge in [-0.3, -0.25) is 19.6 Å². The van der Waals surface area contributed by atoms with Gasteiger partial charge in [0.1, 0.15) is 6.07 Å². The van der Waals surface area contributed by atoms with Crippen LogP contribution in [0.5, 0.6) is 0 Å². The third-order valence-electron chi connectivity index (χ3n) is 5.22. The molecule has 0 saturated heterocycles. The van der Waals surface area contributed by atoms with Gasteiger partial charge in [0, 0.05) is 35.3 Å². The molecule has 1 N–H and O–H groups in total. The molecule has 0 bridgehead atoms. The number of hydrogen-bond acceptors (Lipinski definition) is 6. The highest BCUT2D eigenvalue weighted by Gasteiger charge is 2.18. The first kappa shape index (κ1) is 20.7. The number of non-ortho nitro benzene ring substituents is 1. The van der Waals surface area contributed by atoms with Gasteiger partial charge in [0.2, 0.25) is 0 Å². The zero-order chi connectivity index (χ0) is 22.8. The highest BCUT2D eigenvalue weighted by molar-refractivity contribution is 6.13. The number of hydrogen-bond donors (Lipinski definition) is 1. The number of aromatic nitrogens is 3. The molecule has 0 aliphatic heterocycles. The molecular weight excluding hydrogens is 408 g/mol. The summed E-state index contributed by atoms with van der Waals surface area (Å²) < 4.78 is 1.85. The lowest BCUT2D eigenvalue weighted by Gasteiger charge is -2.11. The number of nitro groups is 1. The van der Waals surface area contributed by atoms with Gasteiger partial charge in [-0.2, -0.15) is 10.4 Å². The van der Waals surface area contributed by atoms with E-state index in [1.807, 2.05) is 42.8 Å². The van der Waals surface area contributed by atoms with Gasteiger partial charge in [-0.05, 0) is 32.0 Å². The first-order valence-corrected chi connectivity index (χ1v) is 9.85. The average Bonchev–Trinajstić information content (AvgIpc) is 3.18.